The molecule has 2 amide bonds. The number of carbonyl (C=O) groups is 2. The molecule has 2 aromatic rings. The molecule has 1 heterocycles. The van der Waals surface area contributed by atoms with Gasteiger partial charge in [-0.1, -0.05) is 50.2 Å². The van der Waals surface area contributed by atoms with Crippen LogP contribution >= 0.6 is 0 Å². The number of hydrogen-bond donors (Lipinski definition) is 1. The summed E-state index contributed by atoms with van der Waals surface area (Å²) in [6.07, 6.45) is 3.19. The van der Waals surface area contributed by atoms with Gasteiger partial charge < -0.3 is 15.0 Å². The van der Waals surface area contributed by atoms with Crippen molar-refractivity contribution in [3.8, 4) is 5.75 Å². The molecule has 0 radical (unpaired) electrons. The fourth-order valence-electron chi connectivity index (χ4n) is 4.35. The van der Waals surface area contributed by atoms with E-state index in [0.717, 1.165) is 43.4 Å². The molecule has 2 atom stereocenters. The van der Waals surface area contributed by atoms with Crippen molar-refractivity contribution in [2.45, 2.75) is 58.6 Å². The zero-order valence-corrected chi connectivity index (χ0v) is 19.3. The quantitative estimate of drug-likeness (QED) is 0.666. The molecule has 1 N–H and O–H groups in total. The highest BCUT2D eigenvalue weighted by Gasteiger charge is 2.39. The van der Waals surface area contributed by atoms with E-state index in [2.05, 4.69) is 37.4 Å². The van der Waals surface area contributed by atoms with E-state index in [1.54, 1.807) is 6.92 Å². The molecule has 5 nitrogen and oxygen atoms in total. The van der Waals surface area contributed by atoms with Gasteiger partial charge in [0.15, 0.2) is 6.10 Å². The summed E-state index contributed by atoms with van der Waals surface area (Å²) in [5.74, 6) is 1.54. The Morgan fingerprint density at radius 1 is 1.09 bits per heavy atom. The maximum Gasteiger partial charge on any atom is 0.260 e. The van der Waals surface area contributed by atoms with E-state index >= 15 is 0 Å². The Bertz CT molecular complexity index is 953. The second-order valence-corrected chi connectivity index (χ2v) is 9.46. The Morgan fingerprint density at radius 3 is 2.53 bits per heavy atom. The molecule has 0 saturated heterocycles. The zero-order valence-electron chi connectivity index (χ0n) is 19.3. The molecule has 4 rings (SSSR count). The number of carbonyl (C=O) groups excluding carboxylic acids is 2. The van der Waals surface area contributed by atoms with Crippen molar-refractivity contribution in [1.82, 2.24) is 10.2 Å². The van der Waals surface area contributed by atoms with E-state index in [9.17, 15) is 9.59 Å². The van der Waals surface area contributed by atoms with Crippen LogP contribution in [0.2, 0.25) is 0 Å². The summed E-state index contributed by atoms with van der Waals surface area (Å²) in [5.41, 5.74) is 3.44. The zero-order chi connectivity index (χ0) is 22.7. The number of benzene rings is 2. The first-order valence-corrected chi connectivity index (χ1v) is 11.9. The largest absolute Gasteiger partial charge is 0.481 e. The van der Waals surface area contributed by atoms with Gasteiger partial charge in [-0.25, -0.2) is 0 Å². The van der Waals surface area contributed by atoms with Gasteiger partial charge in [0.2, 0.25) is 5.91 Å². The van der Waals surface area contributed by atoms with E-state index in [1.165, 1.54) is 5.56 Å². The molecule has 2 aromatic carbocycles. The molecule has 1 saturated carbocycles. The van der Waals surface area contributed by atoms with Crippen LogP contribution in [-0.4, -0.2) is 35.9 Å². The van der Waals surface area contributed by atoms with Crippen molar-refractivity contribution in [2.24, 2.45) is 11.8 Å². The van der Waals surface area contributed by atoms with Gasteiger partial charge >= 0.3 is 0 Å². The fraction of sp³-hybridized carbons (Fsp3) is 0.481. The van der Waals surface area contributed by atoms with Crippen LogP contribution in [0.25, 0.3) is 0 Å². The number of hydrogen-bond acceptors (Lipinski definition) is 3. The van der Waals surface area contributed by atoms with Crippen molar-refractivity contribution < 1.29 is 14.3 Å². The van der Waals surface area contributed by atoms with E-state index in [4.69, 9.17) is 4.74 Å². The van der Waals surface area contributed by atoms with Crippen molar-refractivity contribution >= 4 is 11.8 Å². The average molecular weight is 435 g/mol. The third-order valence-corrected chi connectivity index (χ3v) is 6.37. The van der Waals surface area contributed by atoms with Gasteiger partial charge in [0, 0.05) is 19.0 Å². The Labute approximate surface area is 191 Å². The van der Waals surface area contributed by atoms with Crippen molar-refractivity contribution in [2.75, 3.05) is 13.1 Å². The minimum absolute atomic E-state index is 0.103. The van der Waals surface area contributed by atoms with Crippen molar-refractivity contribution in [1.29, 1.82) is 0 Å². The van der Waals surface area contributed by atoms with E-state index in [0.29, 0.717) is 18.2 Å². The van der Waals surface area contributed by atoms with E-state index < -0.39 is 6.10 Å². The SMILES string of the molecule is CC(C)CCNC(=O)C(C)Oc1ccc2c(c1)C(c1ccccc1)N(C(=O)C1CC1)CC2. The van der Waals surface area contributed by atoms with Crippen molar-refractivity contribution in [3.63, 3.8) is 0 Å². The lowest BCUT2D eigenvalue weighted by atomic mass is 9.87. The Kier molecular flexibility index (Phi) is 6.83. The van der Waals surface area contributed by atoms with Crippen LogP contribution in [0.15, 0.2) is 48.5 Å². The second-order valence-electron chi connectivity index (χ2n) is 9.46. The topological polar surface area (TPSA) is 58.6 Å². The van der Waals surface area contributed by atoms with Crippen LogP contribution < -0.4 is 10.1 Å². The molecule has 5 heteroatoms. The van der Waals surface area contributed by atoms with Gasteiger partial charge in [-0.05, 0) is 67.3 Å². The molecule has 0 aromatic heterocycles. The predicted molar refractivity (Wildman–Crippen MR) is 125 cm³/mol. The Balaban J connectivity index is 1.56. The maximum absolute atomic E-state index is 13.1. The predicted octanol–water partition coefficient (Wildman–Crippen LogP) is 4.50. The highest BCUT2D eigenvalue weighted by molar-refractivity contribution is 5.82. The van der Waals surface area contributed by atoms with Crippen LogP contribution in [0.3, 0.4) is 0 Å². The lowest BCUT2D eigenvalue weighted by molar-refractivity contribution is -0.134. The van der Waals surface area contributed by atoms with E-state index in [1.807, 2.05) is 35.2 Å². The Morgan fingerprint density at radius 2 is 1.84 bits per heavy atom. The highest BCUT2D eigenvalue weighted by Crippen LogP contribution is 2.41. The van der Waals surface area contributed by atoms with Gasteiger partial charge in [-0.15, -0.1) is 0 Å². The molecular formula is C27H34N2O3. The normalized spacial score (nSPS) is 18.8. The molecule has 2 aliphatic rings. The number of ether oxygens (including phenoxy) is 1. The molecule has 2 unspecified atom stereocenters. The van der Waals surface area contributed by atoms with Gasteiger partial charge in [-0.3, -0.25) is 9.59 Å². The number of nitrogens with one attached hydrogen (secondary N) is 1. The third-order valence-electron chi connectivity index (χ3n) is 6.37. The van der Waals surface area contributed by atoms with Crippen LogP contribution in [0.5, 0.6) is 5.75 Å². The Hall–Kier alpha value is -2.82. The molecule has 0 bridgehead atoms. The summed E-state index contributed by atoms with van der Waals surface area (Å²) in [6.45, 7) is 7.44. The molecule has 32 heavy (non-hydrogen) atoms. The second kappa shape index (κ2) is 9.76. The van der Waals surface area contributed by atoms with E-state index in [-0.39, 0.29) is 23.8 Å². The first kappa shape index (κ1) is 22.4. The van der Waals surface area contributed by atoms with Crippen LogP contribution in [0.4, 0.5) is 0 Å². The van der Waals surface area contributed by atoms with Gasteiger partial charge in [0.1, 0.15) is 5.75 Å². The molecule has 1 fully saturated rings. The molecule has 170 valence electrons. The number of fused-ring (bicyclic) bond motifs is 1. The molecule has 0 spiro atoms. The smallest absolute Gasteiger partial charge is 0.260 e. The summed E-state index contributed by atoms with van der Waals surface area (Å²) >= 11 is 0. The number of amides is 2. The summed E-state index contributed by atoms with van der Waals surface area (Å²) in [5, 5.41) is 2.96. The monoisotopic (exact) mass is 434 g/mol. The highest BCUT2D eigenvalue weighted by atomic mass is 16.5. The van der Waals surface area contributed by atoms with Crippen LogP contribution in [0, 0.1) is 11.8 Å². The fourth-order valence-corrected chi connectivity index (χ4v) is 4.35. The minimum atomic E-state index is -0.580. The van der Waals surface area contributed by atoms with Crippen LogP contribution in [0.1, 0.15) is 62.8 Å². The number of nitrogens with zero attached hydrogens (tertiary/aromatic N) is 1. The molecule has 1 aliphatic carbocycles. The van der Waals surface area contributed by atoms with Gasteiger partial charge in [0.05, 0.1) is 6.04 Å². The standard InChI is InChI=1S/C27H34N2O3/c1-18(2)13-15-28-26(30)19(3)32-23-12-11-20-14-16-29(27(31)22-9-10-22)25(24(20)17-23)21-7-5-4-6-8-21/h4-8,11-12,17-19,22,25H,9-10,13-16H2,1-3H3,(H,28,30). The number of rotatable bonds is 8. The van der Waals surface area contributed by atoms with Gasteiger partial charge in [0.25, 0.3) is 5.91 Å². The average Bonchev–Trinajstić information content (AvgIpc) is 3.63. The maximum atomic E-state index is 13.1. The summed E-state index contributed by atoms with van der Waals surface area (Å²) in [6, 6.07) is 16.2. The minimum Gasteiger partial charge on any atom is -0.481 e. The summed E-state index contributed by atoms with van der Waals surface area (Å²) < 4.78 is 6.02. The van der Waals surface area contributed by atoms with Crippen molar-refractivity contribution in [3.05, 3.63) is 65.2 Å². The summed E-state index contributed by atoms with van der Waals surface area (Å²) in [7, 11) is 0. The lowest BCUT2D eigenvalue weighted by Crippen LogP contribution is -2.41. The summed E-state index contributed by atoms with van der Waals surface area (Å²) in [4.78, 5) is 27.6. The first-order valence-electron chi connectivity index (χ1n) is 11.9. The third kappa shape index (κ3) is 5.14. The molecule has 1 aliphatic heterocycles. The molecular weight excluding hydrogens is 400 g/mol. The van der Waals surface area contributed by atoms with Crippen LogP contribution in [-0.2, 0) is 16.0 Å². The van der Waals surface area contributed by atoms with Gasteiger partial charge in [-0.2, -0.15) is 0 Å². The first-order chi connectivity index (χ1) is 15.4. The lowest BCUT2D eigenvalue weighted by Gasteiger charge is -2.38.